The maximum Gasteiger partial charge on any atom is 0.232 e. The summed E-state index contributed by atoms with van der Waals surface area (Å²) in [5.74, 6) is 0.452. The van der Waals surface area contributed by atoms with Crippen LogP contribution in [0.25, 0.3) is 0 Å². The van der Waals surface area contributed by atoms with Crippen LogP contribution in [0.15, 0.2) is 18.6 Å². The third-order valence-electron chi connectivity index (χ3n) is 3.24. The SMILES string of the molecule is O=S(=O)(C1CC1)N1CCC(Oc2cnccn2)C1. The lowest BCUT2D eigenvalue weighted by Gasteiger charge is -2.16. The highest BCUT2D eigenvalue weighted by Crippen LogP contribution is 2.33. The van der Waals surface area contributed by atoms with E-state index >= 15 is 0 Å². The van der Waals surface area contributed by atoms with Gasteiger partial charge in [-0.2, -0.15) is 4.31 Å². The third-order valence-corrected chi connectivity index (χ3v) is 5.61. The lowest BCUT2D eigenvalue weighted by Crippen LogP contribution is -2.33. The van der Waals surface area contributed by atoms with Gasteiger partial charge in [0.15, 0.2) is 0 Å². The van der Waals surface area contributed by atoms with Crippen LogP contribution in [-0.4, -0.2) is 47.1 Å². The molecule has 0 aromatic carbocycles. The van der Waals surface area contributed by atoms with Crippen LogP contribution in [0.5, 0.6) is 5.88 Å². The number of aromatic nitrogens is 2. The molecule has 3 rings (SSSR count). The first kappa shape index (κ1) is 11.9. The predicted octanol–water partition coefficient (Wildman–Crippen LogP) is 0.422. The number of hydrogen-bond acceptors (Lipinski definition) is 5. The van der Waals surface area contributed by atoms with E-state index in [9.17, 15) is 8.42 Å². The highest BCUT2D eigenvalue weighted by Gasteiger charge is 2.43. The fourth-order valence-corrected chi connectivity index (χ4v) is 4.01. The van der Waals surface area contributed by atoms with Crippen LogP contribution in [0.1, 0.15) is 19.3 Å². The van der Waals surface area contributed by atoms with Crippen LogP contribution in [0.4, 0.5) is 0 Å². The number of ether oxygens (including phenoxy) is 1. The molecule has 2 heterocycles. The molecule has 1 saturated heterocycles. The van der Waals surface area contributed by atoms with E-state index in [1.165, 1.54) is 6.20 Å². The van der Waals surface area contributed by atoms with Crippen LogP contribution in [0.2, 0.25) is 0 Å². The van der Waals surface area contributed by atoms with Gasteiger partial charge >= 0.3 is 0 Å². The highest BCUT2D eigenvalue weighted by atomic mass is 32.2. The Morgan fingerprint density at radius 3 is 2.78 bits per heavy atom. The van der Waals surface area contributed by atoms with Crippen molar-refractivity contribution in [2.24, 2.45) is 0 Å². The minimum Gasteiger partial charge on any atom is -0.472 e. The number of hydrogen-bond donors (Lipinski definition) is 0. The monoisotopic (exact) mass is 269 g/mol. The molecule has 1 atom stereocenters. The van der Waals surface area contributed by atoms with Crippen molar-refractivity contribution in [1.29, 1.82) is 0 Å². The molecule has 98 valence electrons. The molecule has 1 aromatic heterocycles. The maximum atomic E-state index is 12.0. The van der Waals surface area contributed by atoms with Crippen molar-refractivity contribution in [2.75, 3.05) is 13.1 Å². The maximum absolute atomic E-state index is 12.0. The molecule has 2 aliphatic rings. The average molecular weight is 269 g/mol. The predicted molar refractivity (Wildman–Crippen MR) is 64.6 cm³/mol. The molecule has 0 spiro atoms. The number of sulfonamides is 1. The van der Waals surface area contributed by atoms with Gasteiger partial charge in [0.05, 0.1) is 18.0 Å². The lowest BCUT2D eigenvalue weighted by atomic mass is 10.3. The van der Waals surface area contributed by atoms with Gasteiger partial charge in [0.2, 0.25) is 15.9 Å². The van der Waals surface area contributed by atoms with E-state index in [4.69, 9.17) is 4.74 Å². The Bertz CT molecular complexity index is 516. The van der Waals surface area contributed by atoms with Gasteiger partial charge in [0, 0.05) is 18.9 Å². The van der Waals surface area contributed by atoms with E-state index in [-0.39, 0.29) is 11.4 Å². The molecule has 18 heavy (non-hydrogen) atoms. The summed E-state index contributed by atoms with van der Waals surface area (Å²) in [6.07, 6.45) is 6.87. The Kier molecular flexibility index (Phi) is 2.95. The summed E-state index contributed by atoms with van der Waals surface area (Å²) in [5, 5.41) is -0.146. The number of nitrogens with zero attached hydrogens (tertiary/aromatic N) is 3. The second-order valence-electron chi connectivity index (χ2n) is 4.67. The first-order chi connectivity index (χ1) is 8.66. The van der Waals surface area contributed by atoms with Gasteiger partial charge in [-0.05, 0) is 19.3 Å². The first-order valence-corrected chi connectivity index (χ1v) is 7.58. The summed E-state index contributed by atoms with van der Waals surface area (Å²) in [6.45, 7) is 0.971. The molecular formula is C11H15N3O3S. The summed E-state index contributed by atoms with van der Waals surface area (Å²) in [6, 6.07) is 0. The van der Waals surface area contributed by atoms with Gasteiger partial charge in [-0.1, -0.05) is 0 Å². The van der Waals surface area contributed by atoms with Gasteiger partial charge < -0.3 is 4.74 Å². The zero-order chi connectivity index (χ0) is 12.6. The van der Waals surface area contributed by atoms with Crippen LogP contribution < -0.4 is 4.74 Å². The molecule has 0 amide bonds. The van der Waals surface area contributed by atoms with Crippen molar-refractivity contribution in [3.8, 4) is 5.88 Å². The van der Waals surface area contributed by atoms with Crippen molar-refractivity contribution < 1.29 is 13.2 Å². The molecule has 2 fully saturated rings. The molecule has 0 radical (unpaired) electrons. The van der Waals surface area contributed by atoms with Crippen LogP contribution >= 0.6 is 0 Å². The normalized spacial score (nSPS) is 25.2. The Hall–Kier alpha value is -1.21. The van der Waals surface area contributed by atoms with E-state index in [1.54, 1.807) is 16.7 Å². The largest absolute Gasteiger partial charge is 0.472 e. The summed E-state index contributed by atoms with van der Waals surface area (Å²) < 4.78 is 31.2. The second kappa shape index (κ2) is 4.47. The molecule has 6 nitrogen and oxygen atoms in total. The van der Waals surface area contributed by atoms with Gasteiger partial charge in [-0.15, -0.1) is 0 Å². The summed E-state index contributed by atoms with van der Waals surface area (Å²) in [5.41, 5.74) is 0. The Labute approximate surface area is 106 Å². The minimum atomic E-state index is -3.07. The molecule has 7 heteroatoms. The standard InChI is InChI=1S/C11H15N3O3S/c15-18(16,10-1-2-10)14-6-3-9(8-14)17-11-7-12-4-5-13-11/h4-5,7,9-10H,1-3,6,8H2. The van der Waals surface area contributed by atoms with E-state index in [2.05, 4.69) is 9.97 Å². The van der Waals surface area contributed by atoms with Gasteiger partial charge in [-0.25, -0.2) is 13.4 Å². The van der Waals surface area contributed by atoms with Gasteiger partial charge in [0.1, 0.15) is 6.10 Å². The third kappa shape index (κ3) is 2.32. The molecular weight excluding hydrogens is 254 g/mol. The number of rotatable bonds is 4. The quantitative estimate of drug-likeness (QED) is 0.792. The van der Waals surface area contributed by atoms with E-state index in [1.807, 2.05) is 0 Å². The smallest absolute Gasteiger partial charge is 0.232 e. The minimum absolute atomic E-state index is 0.116. The Balaban J connectivity index is 1.62. The van der Waals surface area contributed by atoms with Crippen LogP contribution in [0.3, 0.4) is 0 Å². The summed E-state index contributed by atoms with van der Waals surface area (Å²) in [7, 11) is -3.07. The zero-order valence-electron chi connectivity index (χ0n) is 9.90. The van der Waals surface area contributed by atoms with Crippen molar-refractivity contribution in [3.63, 3.8) is 0 Å². The van der Waals surface area contributed by atoms with Crippen molar-refractivity contribution >= 4 is 10.0 Å². The van der Waals surface area contributed by atoms with Crippen molar-refractivity contribution in [3.05, 3.63) is 18.6 Å². The molecule has 1 unspecified atom stereocenters. The van der Waals surface area contributed by atoms with Crippen molar-refractivity contribution in [2.45, 2.75) is 30.6 Å². The zero-order valence-corrected chi connectivity index (χ0v) is 10.7. The molecule has 1 aliphatic heterocycles. The Morgan fingerprint density at radius 2 is 2.11 bits per heavy atom. The molecule has 0 N–H and O–H groups in total. The van der Waals surface area contributed by atoms with E-state index in [0.29, 0.717) is 25.4 Å². The van der Waals surface area contributed by atoms with E-state index < -0.39 is 10.0 Å². The average Bonchev–Trinajstić information content (AvgIpc) is 3.12. The Morgan fingerprint density at radius 1 is 1.28 bits per heavy atom. The fraction of sp³-hybridized carbons (Fsp3) is 0.636. The molecule has 0 bridgehead atoms. The van der Waals surface area contributed by atoms with E-state index in [0.717, 1.165) is 12.8 Å². The second-order valence-corrected chi connectivity index (χ2v) is 6.89. The topological polar surface area (TPSA) is 72.4 Å². The highest BCUT2D eigenvalue weighted by molar-refractivity contribution is 7.90. The van der Waals surface area contributed by atoms with Gasteiger partial charge in [0.25, 0.3) is 0 Å². The molecule has 1 aliphatic carbocycles. The lowest BCUT2D eigenvalue weighted by molar-refractivity contribution is 0.206. The van der Waals surface area contributed by atoms with Gasteiger partial charge in [-0.3, -0.25) is 4.98 Å². The van der Waals surface area contributed by atoms with Crippen LogP contribution in [-0.2, 0) is 10.0 Å². The first-order valence-electron chi connectivity index (χ1n) is 6.08. The van der Waals surface area contributed by atoms with Crippen LogP contribution in [0, 0.1) is 0 Å². The van der Waals surface area contributed by atoms with Crippen molar-refractivity contribution in [1.82, 2.24) is 14.3 Å². The summed E-state index contributed by atoms with van der Waals surface area (Å²) in [4.78, 5) is 7.94. The fourth-order valence-electron chi connectivity index (χ4n) is 2.12. The molecule has 1 saturated carbocycles. The molecule has 1 aromatic rings. The summed E-state index contributed by atoms with van der Waals surface area (Å²) >= 11 is 0.